The normalized spacial score (nSPS) is 11.2. The van der Waals surface area contributed by atoms with Crippen molar-refractivity contribution in [3.05, 3.63) is 95.0 Å². The number of carbonyl (C=O) groups excluding carboxylic acids is 2. The van der Waals surface area contributed by atoms with Crippen LogP contribution in [0.25, 0.3) is 0 Å². The van der Waals surface area contributed by atoms with Crippen LogP contribution >= 0.6 is 11.6 Å². The molecule has 150 valence electrons. The van der Waals surface area contributed by atoms with Gasteiger partial charge in [-0.3, -0.25) is 14.5 Å². The number of nitrogen functional groups attached to an aromatic ring is 1. The lowest BCUT2D eigenvalue weighted by molar-refractivity contribution is -0.125. The predicted octanol–water partition coefficient (Wildman–Crippen LogP) is 3.95. The molecular weight excluding hydrogens is 398 g/mol. The highest BCUT2D eigenvalue weighted by Crippen LogP contribution is 2.30. The van der Waals surface area contributed by atoms with Crippen molar-refractivity contribution >= 4 is 34.8 Å². The van der Waals surface area contributed by atoms with Gasteiger partial charge in [-0.05, 0) is 47.4 Å². The fourth-order valence-corrected chi connectivity index (χ4v) is 3.24. The van der Waals surface area contributed by atoms with Gasteiger partial charge in [0.2, 0.25) is 5.91 Å². The molecule has 3 aromatic carbocycles. The molecule has 0 heterocycles. The van der Waals surface area contributed by atoms with Gasteiger partial charge in [-0.1, -0.05) is 60.1 Å². The number of carbonyl (C=O) groups is 2. The van der Waals surface area contributed by atoms with E-state index in [9.17, 15) is 9.59 Å². The molecule has 1 atom stereocenters. The Labute approximate surface area is 180 Å². The monoisotopic (exact) mass is 417 g/mol. The molecule has 3 aromatic rings. The Kier molecular flexibility index (Phi) is 6.74. The first-order chi connectivity index (χ1) is 14.5. The first-order valence-corrected chi connectivity index (χ1v) is 9.60. The Bertz CT molecular complexity index is 1080. The largest absolute Gasteiger partial charge is 0.399 e. The third kappa shape index (κ3) is 4.99. The first-order valence-electron chi connectivity index (χ1n) is 9.22. The highest BCUT2D eigenvalue weighted by Gasteiger charge is 2.32. The van der Waals surface area contributed by atoms with Crippen LogP contribution < -0.4 is 16.0 Å². The summed E-state index contributed by atoms with van der Waals surface area (Å²) in [6.45, 7) is 0.304. The number of nitrogens with one attached hydrogen (secondary N) is 1. The maximum atomic E-state index is 13.3. The van der Waals surface area contributed by atoms with E-state index in [-0.39, 0.29) is 5.91 Å². The lowest BCUT2D eigenvalue weighted by atomic mass is 10.0. The summed E-state index contributed by atoms with van der Waals surface area (Å²) in [5.41, 5.74) is 8.26. The van der Waals surface area contributed by atoms with Crippen molar-refractivity contribution in [2.24, 2.45) is 0 Å². The van der Waals surface area contributed by atoms with E-state index in [2.05, 4.69) is 11.2 Å². The van der Waals surface area contributed by atoms with Crippen LogP contribution in [0.1, 0.15) is 17.2 Å². The van der Waals surface area contributed by atoms with Crippen molar-refractivity contribution in [3.63, 3.8) is 0 Å². The zero-order valence-electron chi connectivity index (χ0n) is 16.1. The zero-order valence-corrected chi connectivity index (χ0v) is 16.8. The Morgan fingerprint density at radius 1 is 1.03 bits per heavy atom. The molecule has 0 aliphatic heterocycles. The summed E-state index contributed by atoms with van der Waals surface area (Å²) in [7, 11) is 0. The van der Waals surface area contributed by atoms with Crippen LogP contribution in [-0.2, 0) is 16.1 Å². The Hall–Kier alpha value is -3.75. The third-order valence-corrected chi connectivity index (χ3v) is 4.73. The molecular formula is C24H20ClN3O2. The number of nitrogens with zero attached hydrogens (tertiary/aromatic N) is 1. The standard InChI is InChI=1S/C24H20ClN3O2/c1-2-22(29)28(21-10-6-9-19(25)15-21)23(18-11-13-20(26)14-12-18)24(30)27-16-17-7-4-3-5-8-17/h1,3-15,23H,16,26H2,(H,27,30). The van der Waals surface area contributed by atoms with E-state index in [1.165, 1.54) is 4.90 Å². The summed E-state index contributed by atoms with van der Waals surface area (Å²) < 4.78 is 0. The molecule has 0 bridgehead atoms. The molecule has 1 unspecified atom stereocenters. The molecule has 0 radical (unpaired) electrons. The van der Waals surface area contributed by atoms with Crippen LogP contribution in [0.4, 0.5) is 11.4 Å². The highest BCUT2D eigenvalue weighted by atomic mass is 35.5. The van der Waals surface area contributed by atoms with Crippen molar-refractivity contribution in [2.75, 3.05) is 10.6 Å². The molecule has 0 aromatic heterocycles. The molecule has 0 aliphatic rings. The van der Waals surface area contributed by atoms with E-state index in [1.54, 1.807) is 48.5 Å². The third-order valence-electron chi connectivity index (χ3n) is 4.50. The lowest BCUT2D eigenvalue weighted by Gasteiger charge is -2.30. The second kappa shape index (κ2) is 9.64. The number of terminal acetylenes is 1. The maximum Gasteiger partial charge on any atom is 0.303 e. The zero-order chi connectivity index (χ0) is 21.5. The fourth-order valence-electron chi connectivity index (χ4n) is 3.06. The molecule has 0 saturated carbocycles. The number of benzene rings is 3. The van der Waals surface area contributed by atoms with Crippen LogP contribution in [-0.4, -0.2) is 11.8 Å². The lowest BCUT2D eigenvalue weighted by Crippen LogP contribution is -2.43. The minimum absolute atomic E-state index is 0.304. The summed E-state index contributed by atoms with van der Waals surface area (Å²) in [6.07, 6.45) is 5.43. The van der Waals surface area contributed by atoms with Gasteiger partial charge in [0.15, 0.2) is 0 Å². The minimum atomic E-state index is -1.00. The van der Waals surface area contributed by atoms with Crippen LogP contribution in [0.3, 0.4) is 0 Å². The average molecular weight is 418 g/mol. The minimum Gasteiger partial charge on any atom is -0.399 e. The van der Waals surface area contributed by atoms with E-state index in [0.29, 0.717) is 28.5 Å². The number of nitrogens with two attached hydrogens (primary N) is 1. The average Bonchev–Trinajstić information content (AvgIpc) is 2.77. The van der Waals surface area contributed by atoms with Gasteiger partial charge >= 0.3 is 5.91 Å². The van der Waals surface area contributed by atoms with E-state index in [0.717, 1.165) is 5.56 Å². The Balaban J connectivity index is 2.02. The van der Waals surface area contributed by atoms with Gasteiger partial charge in [0.1, 0.15) is 6.04 Å². The van der Waals surface area contributed by atoms with E-state index in [4.69, 9.17) is 23.8 Å². The Morgan fingerprint density at radius 2 is 1.73 bits per heavy atom. The first kappa shape index (κ1) is 21.0. The Morgan fingerprint density at radius 3 is 2.37 bits per heavy atom. The molecule has 0 aliphatic carbocycles. The number of halogens is 1. The van der Waals surface area contributed by atoms with Crippen LogP contribution in [0.2, 0.25) is 5.02 Å². The quantitative estimate of drug-likeness (QED) is 0.471. The number of amides is 2. The molecule has 0 saturated heterocycles. The van der Waals surface area contributed by atoms with Crippen LogP contribution in [0.5, 0.6) is 0 Å². The van der Waals surface area contributed by atoms with Gasteiger partial charge in [-0.25, -0.2) is 0 Å². The molecule has 3 N–H and O–H groups in total. The molecule has 6 heteroatoms. The van der Waals surface area contributed by atoms with Gasteiger partial charge in [-0.15, -0.1) is 6.42 Å². The van der Waals surface area contributed by atoms with Crippen molar-refractivity contribution in [1.82, 2.24) is 5.32 Å². The number of hydrogen-bond donors (Lipinski definition) is 2. The summed E-state index contributed by atoms with van der Waals surface area (Å²) in [5.74, 6) is 1.07. The van der Waals surface area contributed by atoms with Crippen molar-refractivity contribution in [3.8, 4) is 12.3 Å². The molecule has 30 heavy (non-hydrogen) atoms. The maximum absolute atomic E-state index is 13.3. The van der Waals surface area contributed by atoms with E-state index < -0.39 is 11.9 Å². The smallest absolute Gasteiger partial charge is 0.303 e. The molecule has 5 nitrogen and oxygen atoms in total. The van der Waals surface area contributed by atoms with Crippen molar-refractivity contribution in [1.29, 1.82) is 0 Å². The highest BCUT2D eigenvalue weighted by molar-refractivity contribution is 6.31. The van der Waals surface area contributed by atoms with Gasteiger partial charge in [0.25, 0.3) is 0 Å². The van der Waals surface area contributed by atoms with Gasteiger partial charge in [-0.2, -0.15) is 0 Å². The van der Waals surface area contributed by atoms with Gasteiger partial charge < -0.3 is 11.1 Å². The second-order valence-corrected chi connectivity index (χ2v) is 7.01. The van der Waals surface area contributed by atoms with Crippen molar-refractivity contribution < 1.29 is 9.59 Å². The number of anilines is 2. The van der Waals surface area contributed by atoms with E-state index >= 15 is 0 Å². The topological polar surface area (TPSA) is 75.4 Å². The van der Waals surface area contributed by atoms with Crippen molar-refractivity contribution in [2.45, 2.75) is 12.6 Å². The summed E-state index contributed by atoms with van der Waals surface area (Å²) in [4.78, 5) is 27.3. The second-order valence-electron chi connectivity index (χ2n) is 6.57. The van der Waals surface area contributed by atoms with Crippen LogP contribution in [0, 0.1) is 12.3 Å². The molecule has 2 amide bonds. The van der Waals surface area contributed by atoms with Gasteiger partial charge in [0.05, 0.1) is 0 Å². The number of rotatable bonds is 6. The molecule has 3 rings (SSSR count). The number of hydrogen-bond acceptors (Lipinski definition) is 3. The van der Waals surface area contributed by atoms with E-state index in [1.807, 2.05) is 30.3 Å². The SMILES string of the molecule is C#CC(=O)N(c1cccc(Cl)c1)C(C(=O)NCc1ccccc1)c1ccc(N)cc1. The molecule has 0 spiro atoms. The summed E-state index contributed by atoms with van der Waals surface area (Å²) in [6, 6.07) is 21.8. The summed E-state index contributed by atoms with van der Waals surface area (Å²) >= 11 is 6.12. The molecule has 0 fully saturated rings. The fraction of sp³-hybridized carbons (Fsp3) is 0.0833. The van der Waals surface area contributed by atoms with Gasteiger partial charge in [0, 0.05) is 22.9 Å². The van der Waals surface area contributed by atoms with Crippen LogP contribution in [0.15, 0.2) is 78.9 Å². The summed E-state index contributed by atoms with van der Waals surface area (Å²) in [5, 5.41) is 3.31. The predicted molar refractivity (Wildman–Crippen MR) is 120 cm³/mol.